The molecule has 0 fully saturated rings. The van der Waals surface area contributed by atoms with Crippen molar-refractivity contribution >= 4 is 11.7 Å². The van der Waals surface area contributed by atoms with E-state index in [-0.39, 0.29) is 18.1 Å². The van der Waals surface area contributed by atoms with Crippen molar-refractivity contribution in [2.45, 2.75) is 46.8 Å². The molecule has 1 aromatic heterocycles. The van der Waals surface area contributed by atoms with Gasteiger partial charge in [0.1, 0.15) is 5.56 Å². The molecule has 94 valence electrons. The largest absolute Gasteiger partial charge is 0.459 e. The molecule has 1 aromatic rings. The van der Waals surface area contributed by atoms with Crippen LogP contribution in [0, 0.1) is 6.92 Å². The summed E-state index contributed by atoms with van der Waals surface area (Å²) in [7, 11) is 0. The first-order valence-electron chi connectivity index (χ1n) is 5.84. The van der Waals surface area contributed by atoms with Gasteiger partial charge in [-0.15, -0.1) is 0 Å². The van der Waals surface area contributed by atoms with E-state index in [4.69, 9.17) is 4.74 Å². The van der Waals surface area contributed by atoms with E-state index in [1.54, 1.807) is 6.20 Å². The molecule has 0 aromatic carbocycles. The van der Waals surface area contributed by atoms with Crippen molar-refractivity contribution in [3.63, 3.8) is 0 Å². The Kier molecular flexibility index (Phi) is 4.49. The zero-order valence-electron chi connectivity index (χ0n) is 11.1. The van der Waals surface area contributed by atoms with Crippen molar-refractivity contribution in [2.75, 3.05) is 5.32 Å². The van der Waals surface area contributed by atoms with Crippen molar-refractivity contribution < 1.29 is 9.53 Å². The second kappa shape index (κ2) is 5.66. The lowest BCUT2D eigenvalue weighted by Crippen LogP contribution is -2.17. The summed E-state index contributed by atoms with van der Waals surface area (Å²) in [5, 5.41) is 3.23. The molecule has 4 nitrogen and oxygen atoms in total. The van der Waals surface area contributed by atoms with Crippen molar-refractivity contribution in [3.05, 3.63) is 23.5 Å². The molecule has 0 saturated heterocycles. The van der Waals surface area contributed by atoms with Crippen LogP contribution in [0.15, 0.2) is 12.3 Å². The zero-order chi connectivity index (χ0) is 13.0. The van der Waals surface area contributed by atoms with E-state index in [0.717, 1.165) is 11.4 Å². The van der Waals surface area contributed by atoms with Gasteiger partial charge in [-0.25, -0.2) is 4.79 Å². The lowest BCUT2D eigenvalue weighted by atomic mass is 10.2. The Morgan fingerprint density at radius 2 is 2.00 bits per heavy atom. The maximum atomic E-state index is 11.9. The first kappa shape index (κ1) is 13.5. The van der Waals surface area contributed by atoms with E-state index in [0.29, 0.717) is 5.56 Å². The topological polar surface area (TPSA) is 51.2 Å². The number of ether oxygens (including phenoxy) is 1. The number of nitrogens with zero attached hydrogens (tertiary/aromatic N) is 1. The third-order valence-corrected chi connectivity index (χ3v) is 2.05. The number of anilines is 1. The minimum Gasteiger partial charge on any atom is -0.459 e. The number of hydrogen-bond acceptors (Lipinski definition) is 4. The fraction of sp³-hybridized carbons (Fsp3) is 0.538. The fourth-order valence-corrected chi connectivity index (χ4v) is 1.43. The Morgan fingerprint density at radius 1 is 1.35 bits per heavy atom. The van der Waals surface area contributed by atoms with Crippen LogP contribution < -0.4 is 5.32 Å². The minimum atomic E-state index is -0.337. The predicted molar refractivity (Wildman–Crippen MR) is 68.3 cm³/mol. The Balaban J connectivity index is 3.01. The summed E-state index contributed by atoms with van der Waals surface area (Å²) < 4.78 is 5.18. The maximum Gasteiger partial charge on any atom is 0.342 e. The van der Waals surface area contributed by atoms with E-state index < -0.39 is 0 Å². The van der Waals surface area contributed by atoms with Gasteiger partial charge in [0.15, 0.2) is 0 Å². The monoisotopic (exact) mass is 236 g/mol. The highest BCUT2D eigenvalue weighted by molar-refractivity contribution is 5.95. The average molecular weight is 236 g/mol. The SMILES string of the molecule is Cc1cc(NC(C)C)c(C(=O)OC(C)C)cn1. The van der Waals surface area contributed by atoms with Crippen LogP contribution in [-0.2, 0) is 4.74 Å². The van der Waals surface area contributed by atoms with Crippen LogP contribution in [0.3, 0.4) is 0 Å². The van der Waals surface area contributed by atoms with Gasteiger partial charge in [-0.3, -0.25) is 4.98 Å². The number of rotatable bonds is 4. The molecule has 0 aliphatic heterocycles. The van der Waals surface area contributed by atoms with E-state index in [1.807, 2.05) is 40.7 Å². The molecular weight excluding hydrogens is 216 g/mol. The summed E-state index contributed by atoms with van der Waals surface area (Å²) in [5.41, 5.74) is 2.13. The Morgan fingerprint density at radius 3 is 2.53 bits per heavy atom. The normalized spacial score (nSPS) is 10.8. The Labute approximate surface area is 102 Å². The number of hydrogen-bond donors (Lipinski definition) is 1. The minimum absolute atomic E-state index is 0.129. The molecule has 1 N–H and O–H groups in total. The zero-order valence-corrected chi connectivity index (χ0v) is 11.1. The van der Waals surface area contributed by atoms with Crippen LogP contribution in [0.1, 0.15) is 43.7 Å². The van der Waals surface area contributed by atoms with Crippen LogP contribution >= 0.6 is 0 Å². The Bertz CT molecular complexity index is 400. The quantitative estimate of drug-likeness (QED) is 0.817. The number of aryl methyl sites for hydroxylation is 1. The van der Waals surface area contributed by atoms with Crippen LogP contribution in [0.5, 0.6) is 0 Å². The number of pyridine rings is 1. The third-order valence-electron chi connectivity index (χ3n) is 2.05. The molecule has 4 heteroatoms. The van der Waals surface area contributed by atoms with E-state index in [9.17, 15) is 4.79 Å². The van der Waals surface area contributed by atoms with Gasteiger partial charge in [0.25, 0.3) is 0 Å². The van der Waals surface area contributed by atoms with Crippen molar-refractivity contribution in [1.29, 1.82) is 0 Å². The molecule has 0 aliphatic rings. The van der Waals surface area contributed by atoms with Crippen molar-refractivity contribution in [2.24, 2.45) is 0 Å². The molecule has 0 spiro atoms. The van der Waals surface area contributed by atoms with Crippen LogP contribution in [0.4, 0.5) is 5.69 Å². The van der Waals surface area contributed by atoms with Gasteiger partial charge in [-0.1, -0.05) is 0 Å². The summed E-state index contributed by atoms with van der Waals surface area (Å²) in [6.07, 6.45) is 1.43. The number of nitrogens with one attached hydrogen (secondary N) is 1. The van der Waals surface area contributed by atoms with Crippen molar-refractivity contribution in [3.8, 4) is 0 Å². The molecule has 0 unspecified atom stereocenters. The molecule has 1 heterocycles. The van der Waals surface area contributed by atoms with Crippen LogP contribution in [0.25, 0.3) is 0 Å². The number of carbonyl (C=O) groups is 1. The van der Waals surface area contributed by atoms with Gasteiger partial charge in [-0.05, 0) is 40.7 Å². The van der Waals surface area contributed by atoms with Gasteiger partial charge in [0.2, 0.25) is 0 Å². The highest BCUT2D eigenvalue weighted by atomic mass is 16.5. The highest BCUT2D eigenvalue weighted by Gasteiger charge is 2.15. The van der Waals surface area contributed by atoms with Gasteiger partial charge in [-0.2, -0.15) is 0 Å². The van der Waals surface area contributed by atoms with Gasteiger partial charge in [0.05, 0.1) is 11.8 Å². The van der Waals surface area contributed by atoms with E-state index in [1.165, 1.54) is 0 Å². The summed E-state index contributed by atoms with van der Waals surface area (Å²) in [4.78, 5) is 16.0. The maximum absolute atomic E-state index is 11.9. The molecular formula is C13H20N2O2. The van der Waals surface area contributed by atoms with E-state index >= 15 is 0 Å². The predicted octanol–water partition coefficient (Wildman–Crippen LogP) is 2.78. The molecule has 17 heavy (non-hydrogen) atoms. The van der Waals surface area contributed by atoms with Gasteiger partial charge in [0, 0.05) is 17.9 Å². The Hall–Kier alpha value is -1.58. The van der Waals surface area contributed by atoms with Crippen molar-refractivity contribution in [1.82, 2.24) is 4.98 Å². The smallest absolute Gasteiger partial charge is 0.342 e. The summed E-state index contributed by atoms with van der Waals surface area (Å²) >= 11 is 0. The number of carbonyl (C=O) groups excluding carboxylic acids is 1. The first-order valence-corrected chi connectivity index (χ1v) is 5.84. The molecule has 0 atom stereocenters. The first-order chi connectivity index (χ1) is 7.90. The fourth-order valence-electron chi connectivity index (χ4n) is 1.43. The summed E-state index contributed by atoms with van der Waals surface area (Å²) in [5.74, 6) is -0.337. The third kappa shape index (κ3) is 4.06. The molecule has 1 rings (SSSR count). The van der Waals surface area contributed by atoms with Gasteiger partial charge >= 0.3 is 5.97 Å². The number of esters is 1. The highest BCUT2D eigenvalue weighted by Crippen LogP contribution is 2.18. The average Bonchev–Trinajstić information content (AvgIpc) is 2.15. The van der Waals surface area contributed by atoms with Crippen LogP contribution in [-0.4, -0.2) is 23.1 Å². The summed E-state index contributed by atoms with van der Waals surface area (Å²) in [6.45, 7) is 9.59. The lowest BCUT2D eigenvalue weighted by molar-refractivity contribution is 0.0378. The molecule has 0 radical (unpaired) electrons. The molecule has 0 aliphatic carbocycles. The van der Waals surface area contributed by atoms with Gasteiger partial charge < -0.3 is 10.1 Å². The lowest BCUT2D eigenvalue weighted by Gasteiger charge is -2.15. The molecule has 0 bridgehead atoms. The molecule has 0 amide bonds. The van der Waals surface area contributed by atoms with Crippen LogP contribution in [0.2, 0.25) is 0 Å². The second-order valence-corrected chi connectivity index (χ2v) is 4.62. The summed E-state index contributed by atoms with van der Waals surface area (Å²) in [6, 6.07) is 2.11. The number of aromatic nitrogens is 1. The molecule has 0 saturated carbocycles. The van der Waals surface area contributed by atoms with E-state index in [2.05, 4.69) is 10.3 Å². The standard InChI is InChI=1S/C13H20N2O2/c1-8(2)15-12-6-10(5)14-7-11(12)13(16)17-9(3)4/h6-9H,1-5H3,(H,14,15). The second-order valence-electron chi connectivity index (χ2n) is 4.62.